The van der Waals surface area contributed by atoms with Gasteiger partial charge in [-0.3, -0.25) is 5.21 Å². The molecule has 1 aromatic heterocycles. The van der Waals surface area contributed by atoms with Gasteiger partial charge in [0.05, 0.1) is 10.9 Å². The largest absolute Gasteiger partial charge is 0.350 e. The molecule has 2 aromatic carbocycles. The first-order valence-corrected chi connectivity index (χ1v) is 8.24. The first kappa shape index (κ1) is 16.1. The number of nitrogens with two attached hydrogens (primary N) is 1. The molecule has 0 saturated heterocycles. The number of amides is 2. The third kappa shape index (κ3) is 3.40. The van der Waals surface area contributed by atoms with Gasteiger partial charge in [0.15, 0.2) is 0 Å². The fraction of sp³-hybridized carbons (Fsp3) is 0.105. The lowest BCUT2D eigenvalue weighted by molar-refractivity contribution is -0.0709. The Morgan fingerprint density at radius 2 is 1.88 bits per heavy atom. The summed E-state index contributed by atoms with van der Waals surface area (Å²) < 4.78 is 1.22. The van der Waals surface area contributed by atoms with Gasteiger partial charge < -0.3 is 5.73 Å². The molecule has 1 heterocycles. The number of hydrogen-bond donors (Lipinski definition) is 2. The molecule has 0 aliphatic carbocycles. The van der Waals surface area contributed by atoms with Gasteiger partial charge in [-0.05, 0) is 42.1 Å². The van der Waals surface area contributed by atoms with Crippen LogP contribution in [0.5, 0.6) is 0 Å². The van der Waals surface area contributed by atoms with E-state index in [2.05, 4.69) is 30.0 Å². The van der Waals surface area contributed by atoms with Gasteiger partial charge in [0.2, 0.25) is 0 Å². The van der Waals surface area contributed by atoms with E-state index in [0.29, 0.717) is 5.06 Å². The number of hydrogen-bond acceptors (Lipinski definition) is 3. The van der Waals surface area contributed by atoms with Crippen molar-refractivity contribution in [2.24, 2.45) is 5.73 Å². The summed E-state index contributed by atoms with van der Waals surface area (Å²) in [6.45, 7) is 1.70. The Morgan fingerprint density at radius 3 is 2.54 bits per heavy atom. The molecule has 0 aliphatic heterocycles. The van der Waals surface area contributed by atoms with Gasteiger partial charge in [-0.15, -0.1) is 11.3 Å². The zero-order valence-electron chi connectivity index (χ0n) is 13.1. The predicted octanol–water partition coefficient (Wildman–Crippen LogP) is 4.13. The van der Waals surface area contributed by atoms with Crippen molar-refractivity contribution in [3.8, 4) is 11.8 Å². The van der Waals surface area contributed by atoms with Crippen LogP contribution >= 0.6 is 11.3 Å². The molecule has 0 bridgehead atoms. The van der Waals surface area contributed by atoms with Crippen LogP contribution in [0.4, 0.5) is 4.79 Å². The minimum Gasteiger partial charge on any atom is -0.350 e. The van der Waals surface area contributed by atoms with Crippen LogP contribution in [0.25, 0.3) is 10.1 Å². The fourth-order valence-corrected chi connectivity index (χ4v) is 3.27. The van der Waals surface area contributed by atoms with Crippen LogP contribution in [0.3, 0.4) is 0 Å². The van der Waals surface area contributed by atoms with Gasteiger partial charge in [-0.1, -0.05) is 42.2 Å². The third-order valence-corrected chi connectivity index (χ3v) is 4.77. The number of carbonyl (C=O) groups excluding carboxylic acids is 1. The van der Waals surface area contributed by atoms with Crippen molar-refractivity contribution in [2.45, 2.75) is 13.0 Å². The minimum atomic E-state index is -0.879. The van der Waals surface area contributed by atoms with Crippen LogP contribution in [0, 0.1) is 11.8 Å². The maximum absolute atomic E-state index is 11.0. The summed E-state index contributed by atoms with van der Waals surface area (Å²) in [6.07, 6.45) is 0. The molecule has 24 heavy (non-hydrogen) atoms. The molecule has 3 N–H and O–H groups in total. The van der Waals surface area contributed by atoms with Crippen molar-refractivity contribution >= 4 is 27.5 Å². The van der Waals surface area contributed by atoms with Crippen LogP contribution < -0.4 is 5.73 Å². The van der Waals surface area contributed by atoms with E-state index in [1.54, 1.807) is 18.3 Å². The summed E-state index contributed by atoms with van der Waals surface area (Å²) in [5.74, 6) is 6.31. The first-order chi connectivity index (χ1) is 11.5. The van der Waals surface area contributed by atoms with E-state index in [4.69, 9.17) is 5.73 Å². The topological polar surface area (TPSA) is 66.6 Å². The van der Waals surface area contributed by atoms with Gasteiger partial charge in [-0.2, -0.15) is 5.06 Å². The van der Waals surface area contributed by atoms with Gasteiger partial charge in [0.25, 0.3) is 0 Å². The van der Waals surface area contributed by atoms with Crippen molar-refractivity contribution in [1.29, 1.82) is 0 Å². The van der Waals surface area contributed by atoms with Crippen LogP contribution in [0.2, 0.25) is 0 Å². The molecule has 3 aromatic rings. The number of thiophene rings is 1. The lowest BCUT2D eigenvalue weighted by Gasteiger charge is -2.20. The number of fused-ring (bicyclic) bond motifs is 1. The summed E-state index contributed by atoms with van der Waals surface area (Å²) in [5, 5.41) is 11.3. The Labute approximate surface area is 144 Å². The Morgan fingerprint density at radius 1 is 1.17 bits per heavy atom. The maximum atomic E-state index is 11.0. The van der Waals surface area contributed by atoms with E-state index in [9.17, 15) is 10.0 Å². The van der Waals surface area contributed by atoms with E-state index < -0.39 is 12.1 Å². The zero-order valence-corrected chi connectivity index (χ0v) is 13.9. The standard InChI is InChI=1S/C19H16N2O2S/c1-13(21(23)19(20)22)15-9-6-14(7-10-15)8-11-17-12-16-4-2-3-5-18(16)24-17/h2-7,9-10,12-13,23H,1H3,(H2,20,22). The lowest BCUT2D eigenvalue weighted by Crippen LogP contribution is -2.34. The van der Waals surface area contributed by atoms with E-state index >= 15 is 0 Å². The Bertz CT molecular complexity index is 902. The molecular formula is C19H16N2O2S. The molecule has 2 amide bonds. The van der Waals surface area contributed by atoms with Crippen LogP contribution in [0.15, 0.2) is 54.6 Å². The smallest absolute Gasteiger partial charge is 0.339 e. The Balaban J connectivity index is 1.78. The van der Waals surface area contributed by atoms with Crippen LogP contribution in [0.1, 0.15) is 29.0 Å². The Hall–Kier alpha value is -2.81. The van der Waals surface area contributed by atoms with Crippen molar-refractivity contribution in [1.82, 2.24) is 5.06 Å². The molecule has 0 radical (unpaired) electrons. The molecule has 3 rings (SSSR count). The highest BCUT2D eigenvalue weighted by Gasteiger charge is 2.16. The number of primary amides is 1. The second-order valence-electron chi connectivity index (χ2n) is 5.38. The van der Waals surface area contributed by atoms with Gasteiger partial charge in [0.1, 0.15) is 0 Å². The van der Waals surface area contributed by atoms with E-state index in [-0.39, 0.29) is 0 Å². The molecule has 1 atom stereocenters. The zero-order chi connectivity index (χ0) is 17.1. The number of rotatable bonds is 2. The molecule has 0 saturated carbocycles. The molecule has 120 valence electrons. The average molecular weight is 336 g/mol. The number of benzene rings is 2. The first-order valence-electron chi connectivity index (χ1n) is 7.42. The summed E-state index contributed by atoms with van der Waals surface area (Å²) in [7, 11) is 0. The average Bonchev–Trinajstić information content (AvgIpc) is 3.02. The van der Waals surface area contributed by atoms with Gasteiger partial charge in [-0.25, -0.2) is 4.79 Å². The highest BCUT2D eigenvalue weighted by molar-refractivity contribution is 7.19. The second-order valence-corrected chi connectivity index (χ2v) is 6.46. The molecule has 0 spiro atoms. The lowest BCUT2D eigenvalue weighted by atomic mass is 10.1. The predicted molar refractivity (Wildman–Crippen MR) is 95.9 cm³/mol. The normalized spacial score (nSPS) is 11.6. The number of hydroxylamine groups is 2. The van der Waals surface area contributed by atoms with Crippen molar-refractivity contribution in [2.75, 3.05) is 0 Å². The molecule has 5 heteroatoms. The number of carbonyl (C=O) groups is 1. The SMILES string of the molecule is CC(c1ccc(C#Cc2cc3ccccc3s2)cc1)N(O)C(N)=O. The second kappa shape index (κ2) is 6.75. The monoisotopic (exact) mass is 336 g/mol. The highest BCUT2D eigenvalue weighted by Crippen LogP contribution is 2.24. The van der Waals surface area contributed by atoms with Gasteiger partial charge in [0, 0.05) is 10.3 Å². The molecule has 4 nitrogen and oxygen atoms in total. The van der Waals surface area contributed by atoms with E-state index in [1.165, 1.54) is 10.1 Å². The highest BCUT2D eigenvalue weighted by atomic mass is 32.1. The number of nitrogens with zero attached hydrogens (tertiary/aromatic N) is 1. The molecule has 0 aliphatic rings. The van der Waals surface area contributed by atoms with E-state index in [1.807, 2.05) is 36.4 Å². The molecular weight excluding hydrogens is 320 g/mol. The summed E-state index contributed by atoms with van der Waals surface area (Å²) in [6, 6.07) is 16.3. The molecule has 1 unspecified atom stereocenters. The number of urea groups is 1. The van der Waals surface area contributed by atoms with Crippen molar-refractivity contribution in [3.63, 3.8) is 0 Å². The summed E-state index contributed by atoms with van der Waals surface area (Å²) in [4.78, 5) is 12.0. The third-order valence-electron chi connectivity index (χ3n) is 3.74. The summed E-state index contributed by atoms with van der Waals surface area (Å²) >= 11 is 1.67. The fourth-order valence-electron chi connectivity index (χ4n) is 2.35. The van der Waals surface area contributed by atoms with Crippen molar-refractivity contribution < 1.29 is 10.0 Å². The Kier molecular flexibility index (Phi) is 4.52. The quantitative estimate of drug-likeness (QED) is 0.420. The van der Waals surface area contributed by atoms with Crippen LogP contribution in [-0.4, -0.2) is 16.3 Å². The van der Waals surface area contributed by atoms with Crippen molar-refractivity contribution in [3.05, 3.63) is 70.6 Å². The van der Waals surface area contributed by atoms with Gasteiger partial charge >= 0.3 is 6.03 Å². The minimum absolute atomic E-state index is 0.507. The summed E-state index contributed by atoms with van der Waals surface area (Å²) in [5.41, 5.74) is 6.71. The van der Waals surface area contributed by atoms with E-state index in [0.717, 1.165) is 16.0 Å². The molecule has 0 fully saturated rings. The van der Waals surface area contributed by atoms with Crippen LogP contribution in [-0.2, 0) is 0 Å². The maximum Gasteiger partial charge on any atom is 0.339 e.